The van der Waals surface area contributed by atoms with E-state index in [0.717, 1.165) is 0 Å². The Kier molecular flexibility index (Phi) is 7.62. The first-order valence-corrected chi connectivity index (χ1v) is 22.5. The Morgan fingerprint density at radius 1 is 0.339 bits per heavy atom. The summed E-state index contributed by atoms with van der Waals surface area (Å²) in [7, 11) is 0. The van der Waals surface area contributed by atoms with Crippen molar-refractivity contribution in [3.05, 3.63) is 217 Å². The van der Waals surface area contributed by atoms with Crippen molar-refractivity contribution in [2.75, 3.05) is 0 Å². The average molecular weight is 805 g/mol. The maximum Gasteiger partial charge on any atom is 0.0433 e. The molecule has 0 fully saturated rings. The van der Waals surface area contributed by atoms with Crippen LogP contribution in [0.15, 0.2) is 206 Å². The fourth-order valence-corrected chi connectivity index (χ4v) is 12.2. The molecule has 0 saturated heterocycles. The minimum absolute atomic E-state index is 0.0457. The van der Waals surface area contributed by atoms with E-state index >= 15 is 0 Å². The smallest absolute Gasteiger partial charge is 0.0433 e. The third-order valence-corrected chi connectivity index (χ3v) is 15.0. The number of thiophene rings is 1. The van der Waals surface area contributed by atoms with Crippen LogP contribution in [-0.2, 0) is 5.41 Å². The normalized spacial score (nSPS) is 13.1. The van der Waals surface area contributed by atoms with Crippen molar-refractivity contribution in [3.63, 3.8) is 0 Å². The Labute approximate surface area is 365 Å². The zero-order valence-corrected chi connectivity index (χ0v) is 35.4. The van der Waals surface area contributed by atoms with Gasteiger partial charge in [0.15, 0.2) is 0 Å². The lowest BCUT2D eigenvalue weighted by molar-refractivity contribution is 0.667. The molecule has 1 heteroatoms. The molecule has 1 heterocycles. The quantitative estimate of drug-likeness (QED) is 0.155. The van der Waals surface area contributed by atoms with Crippen LogP contribution in [0.1, 0.15) is 25.0 Å². The molecule has 0 saturated carbocycles. The first-order valence-electron chi connectivity index (χ1n) is 21.7. The molecule has 0 aliphatic heterocycles. The van der Waals surface area contributed by atoms with Gasteiger partial charge in [0, 0.05) is 25.6 Å². The van der Waals surface area contributed by atoms with Crippen LogP contribution >= 0.6 is 11.3 Å². The molecule has 62 heavy (non-hydrogen) atoms. The molecule has 0 bridgehead atoms. The van der Waals surface area contributed by atoms with E-state index in [1.807, 2.05) is 11.3 Å². The van der Waals surface area contributed by atoms with Crippen LogP contribution in [0.5, 0.6) is 0 Å². The lowest BCUT2D eigenvalue weighted by Gasteiger charge is -2.22. The molecule has 0 atom stereocenters. The largest absolute Gasteiger partial charge is 0.135 e. The highest BCUT2D eigenvalue weighted by Crippen LogP contribution is 2.54. The Balaban J connectivity index is 0.895. The summed E-state index contributed by atoms with van der Waals surface area (Å²) < 4.78 is 2.75. The maximum atomic E-state index is 2.40. The minimum atomic E-state index is -0.0457. The number of hydrogen-bond acceptors (Lipinski definition) is 1. The monoisotopic (exact) mass is 804 g/mol. The fraction of sp³-hybridized carbons (Fsp3) is 0.0492. The Hall–Kier alpha value is -7.32. The molecular formula is C61H40S. The van der Waals surface area contributed by atoms with E-state index in [1.165, 1.54) is 130 Å². The summed E-state index contributed by atoms with van der Waals surface area (Å²) in [5, 5.41) is 13.0. The van der Waals surface area contributed by atoms with E-state index in [-0.39, 0.29) is 5.41 Å². The number of fused-ring (bicyclic) bond motifs is 12. The van der Waals surface area contributed by atoms with Crippen LogP contribution in [-0.4, -0.2) is 0 Å². The first-order chi connectivity index (χ1) is 30.5. The summed E-state index contributed by atoms with van der Waals surface area (Å²) in [6, 6.07) is 77.1. The van der Waals surface area contributed by atoms with E-state index < -0.39 is 0 Å². The topological polar surface area (TPSA) is 0 Å². The third kappa shape index (κ3) is 5.19. The molecule has 12 aromatic rings. The summed E-state index contributed by atoms with van der Waals surface area (Å²) in [6.45, 7) is 4.79. The summed E-state index contributed by atoms with van der Waals surface area (Å²) in [4.78, 5) is 0. The van der Waals surface area contributed by atoms with Crippen LogP contribution in [0.3, 0.4) is 0 Å². The second-order valence-electron chi connectivity index (χ2n) is 17.6. The third-order valence-electron chi connectivity index (χ3n) is 13.8. The minimum Gasteiger partial charge on any atom is -0.135 e. The van der Waals surface area contributed by atoms with E-state index in [2.05, 4.69) is 220 Å². The van der Waals surface area contributed by atoms with E-state index in [0.29, 0.717) is 0 Å². The molecule has 1 aliphatic carbocycles. The van der Waals surface area contributed by atoms with Crippen molar-refractivity contribution in [2.45, 2.75) is 19.3 Å². The molecule has 11 aromatic carbocycles. The van der Waals surface area contributed by atoms with Gasteiger partial charge in [0.25, 0.3) is 0 Å². The molecule has 0 N–H and O–H groups in total. The molecule has 0 unspecified atom stereocenters. The highest BCUT2D eigenvalue weighted by Gasteiger charge is 2.37. The zero-order valence-electron chi connectivity index (χ0n) is 34.5. The maximum absolute atomic E-state index is 2.40. The highest BCUT2D eigenvalue weighted by molar-refractivity contribution is 7.26. The fourth-order valence-electron chi connectivity index (χ4n) is 10.9. The van der Waals surface area contributed by atoms with Gasteiger partial charge in [-0.05, 0) is 134 Å². The predicted molar refractivity (Wildman–Crippen MR) is 269 cm³/mol. The highest BCUT2D eigenvalue weighted by atomic mass is 32.1. The molecule has 0 amide bonds. The van der Waals surface area contributed by atoms with Gasteiger partial charge in [0.2, 0.25) is 0 Å². The van der Waals surface area contributed by atoms with Crippen molar-refractivity contribution in [1.82, 2.24) is 0 Å². The van der Waals surface area contributed by atoms with Gasteiger partial charge in [-0.2, -0.15) is 0 Å². The lowest BCUT2D eigenvalue weighted by Crippen LogP contribution is -2.15. The number of rotatable bonds is 4. The summed E-state index contributed by atoms with van der Waals surface area (Å²) in [6.07, 6.45) is 0. The number of benzene rings is 11. The van der Waals surface area contributed by atoms with Crippen LogP contribution in [0.2, 0.25) is 0 Å². The Bertz CT molecular complexity index is 3770. The van der Waals surface area contributed by atoms with Crippen molar-refractivity contribution in [2.24, 2.45) is 0 Å². The van der Waals surface area contributed by atoms with Gasteiger partial charge in [0.05, 0.1) is 0 Å². The van der Waals surface area contributed by atoms with Gasteiger partial charge in [-0.1, -0.05) is 196 Å². The van der Waals surface area contributed by atoms with Crippen molar-refractivity contribution >= 4 is 74.6 Å². The van der Waals surface area contributed by atoms with E-state index in [1.54, 1.807) is 0 Å². The second kappa shape index (κ2) is 13.3. The number of hydrogen-bond donors (Lipinski definition) is 0. The van der Waals surface area contributed by atoms with Crippen molar-refractivity contribution in [1.29, 1.82) is 0 Å². The molecule has 0 radical (unpaired) electrons. The zero-order chi connectivity index (χ0) is 41.1. The van der Waals surface area contributed by atoms with Gasteiger partial charge >= 0.3 is 0 Å². The van der Waals surface area contributed by atoms with Gasteiger partial charge in [-0.3, -0.25) is 0 Å². The van der Waals surface area contributed by atoms with E-state index in [9.17, 15) is 0 Å². The SMILES string of the molecule is CC1(C)c2ccccc2-c2ccc3sc4c5ccc(-c6ccc(-c7c8ccccc8c(-c8cccc(-c9ccc%10ccccc%10c9)c8)c8ccccc78)cc6)cc5ccc4c3c21. The van der Waals surface area contributed by atoms with Crippen LogP contribution in [0.4, 0.5) is 0 Å². The molecule has 0 nitrogen and oxygen atoms in total. The van der Waals surface area contributed by atoms with Gasteiger partial charge in [-0.25, -0.2) is 0 Å². The first kappa shape index (κ1) is 35.4. The van der Waals surface area contributed by atoms with Gasteiger partial charge < -0.3 is 0 Å². The predicted octanol–water partition coefficient (Wildman–Crippen LogP) is 17.6. The standard InChI is InChI=1S/C61H40S/c1-61(2)54-21-10-9-16-47(54)52-32-33-55-58(59(52)61)53-31-29-44-35-42(28-30-46(44)60(53)62-55)38-22-25-39(26-23-38)56-48-17-5-7-19-50(48)57(51-20-8-6-18-49(51)56)45-15-11-14-41(36-45)43-27-24-37-12-3-4-13-40(37)34-43/h3-36H,1-2H3. The Morgan fingerprint density at radius 2 is 0.887 bits per heavy atom. The van der Waals surface area contributed by atoms with Crippen LogP contribution < -0.4 is 0 Å². The average Bonchev–Trinajstić information content (AvgIpc) is 3.82. The summed E-state index contributed by atoms with van der Waals surface area (Å²) in [5.41, 5.74) is 15.5. The Morgan fingerprint density at radius 3 is 1.66 bits per heavy atom. The van der Waals surface area contributed by atoms with Crippen molar-refractivity contribution in [3.8, 4) is 55.6 Å². The summed E-state index contributed by atoms with van der Waals surface area (Å²) in [5.74, 6) is 0. The van der Waals surface area contributed by atoms with Gasteiger partial charge in [0.1, 0.15) is 0 Å². The molecule has 13 rings (SSSR count). The molecule has 1 aromatic heterocycles. The van der Waals surface area contributed by atoms with Gasteiger partial charge in [-0.15, -0.1) is 11.3 Å². The lowest BCUT2D eigenvalue weighted by atomic mass is 9.80. The molecule has 0 spiro atoms. The van der Waals surface area contributed by atoms with Crippen LogP contribution in [0, 0.1) is 0 Å². The summed E-state index contributed by atoms with van der Waals surface area (Å²) >= 11 is 1.94. The molecular weight excluding hydrogens is 765 g/mol. The van der Waals surface area contributed by atoms with Crippen LogP contribution in [0.25, 0.3) is 119 Å². The second-order valence-corrected chi connectivity index (χ2v) is 18.6. The molecule has 290 valence electrons. The molecule has 1 aliphatic rings. The van der Waals surface area contributed by atoms with Crippen molar-refractivity contribution < 1.29 is 0 Å². The van der Waals surface area contributed by atoms with E-state index in [4.69, 9.17) is 0 Å².